The SMILES string of the molecule is CN=C(NCc1ccccc1OCCN1CCOCC1)N1CCC(C)CC1.I. The number of aliphatic imine (C=N–C) groups is 1. The largest absolute Gasteiger partial charge is 0.492 e. The number of guanidine groups is 1. The number of piperidine rings is 1. The van der Waals surface area contributed by atoms with Gasteiger partial charge in [-0.3, -0.25) is 9.89 Å². The summed E-state index contributed by atoms with van der Waals surface area (Å²) < 4.78 is 11.5. The second-order valence-corrected chi connectivity index (χ2v) is 7.48. The predicted molar refractivity (Wildman–Crippen MR) is 125 cm³/mol. The third-order valence-electron chi connectivity index (χ3n) is 5.47. The molecule has 2 aliphatic heterocycles. The Morgan fingerprint density at radius 1 is 1.18 bits per heavy atom. The molecule has 2 saturated heterocycles. The molecule has 0 radical (unpaired) electrons. The van der Waals surface area contributed by atoms with Gasteiger partial charge in [0.05, 0.1) is 13.2 Å². The summed E-state index contributed by atoms with van der Waals surface area (Å²) in [5.74, 6) is 2.77. The van der Waals surface area contributed by atoms with E-state index in [1.165, 1.54) is 18.4 Å². The third kappa shape index (κ3) is 7.08. The van der Waals surface area contributed by atoms with Crippen LogP contribution in [0.1, 0.15) is 25.3 Å². The van der Waals surface area contributed by atoms with Crippen molar-refractivity contribution in [1.82, 2.24) is 15.1 Å². The van der Waals surface area contributed by atoms with Crippen LogP contribution in [-0.2, 0) is 11.3 Å². The molecular weight excluding hydrogens is 467 g/mol. The Labute approximate surface area is 186 Å². The molecule has 0 aromatic heterocycles. The first-order chi connectivity index (χ1) is 13.3. The first kappa shape index (κ1) is 23.2. The average molecular weight is 502 g/mol. The molecule has 1 aromatic carbocycles. The summed E-state index contributed by atoms with van der Waals surface area (Å²) in [6.45, 7) is 10.5. The van der Waals surface area contributed by atoms with Crippen molar-refractivity contribution in [2.45, 2.75) is 26.3 Å². The summed E-state index contributed by atoms with van der Waals surface area (Å²) in [6, 6.07) is 8.29. The topological polar surface area (TPSA) is 49.3 Å². The van der Waals surface area contributed by atoms with E-state index in [4.69, 9.17) is 9.47 Å². The molecule has 0 bridgehead atoms. The zero-order chi connectivity index (χ0) is 18.9. The van der Waals surface area contributed by atoms with Gasteiger partial charge in [-0.15, -0.1) is 24.0 Å². The van der Waals surface area contributed by atoms with Crippen LogP contribution in [0.4, 0.5) is 0 Å². The van der Waals surface area contributed by atoms with Crippen LogP contribution >= 0.6 is 24.0 Å². The van der Waals surface area contributed by atoms with E-state index >= 15 is 0 Å². The van der Waals surface area contributed by atoms with Gasteiger partial charge in [0.1, 0.15) is 12.4 Å². The fraction of sp³-hybridized carbons (Fsp3) is 0.667. The Hall–Kier alpha value is -1.06. The van der Waals surface area contributed by atoms with Gasteiger partial charge in [0.25, 0.3) is 0 Å². The molecule has 0 atom stereocenters. The molecular formula is C21H35IN4O2. The number of hydrogen-bond donors (Lipinski definition) is 1. The number of nitrogens with one attached hydrogen (secondary N) is 1. The number of rotatable bonds is 6. The number of likely N-dealkylation sites (tertiary alicyclic amines) is 1. The van der Waals surface area contributed by atoms with E-state index in [1.807, 2.05) is 13.1 Å². The minimum atomic E-state index is 0. The minimum Gasteiger partial charge on any atom is -0.492 e. The molecule has 2 heterocycles. The second kappa shape index (κ2) is 12.5. The maximum absolute atomic E-state index is 6.09. The zero-order valence-electron chi connectivity index (χ0n) is 17.2. The summed E-state index contributed by atoms with van der Waals surface area (Å²) >= 11 is 0. The first-order valence-corrected chi connectivity index (χ1v) is 10.2. The number of morpholine rings is 1. The lowest BCUT2D eigenvalue weighted by Gasteiger charge is -2.33. The van der Waals surface area contributed by atoms with Gasteiger partial charge >= 0.3 is 0 Å². The standard InChI is InChI=1S/C21H34N4O2.HI/c1-18-7-9-25(10-8-18)21(22-2)23-17-19-5-3-4-6-20(19)27-16-13-24-11-14-26-15-12-24;/h3-6,18H,7-17H2,1-2H3,(H,22,23);1H. The summed E-state index contributed by atoms with van der Waals surface area (Å²) in [5.41, 5.74) is 1.17. The highest BCUT2D eigenvalue weighted by Crippen LogP contribution is 2.19. The van der Waals surface area contributed by atoms with E-state index in [0.717, 1.165) is 70.1 Å². The highest BCUT2D eigenvalue weighted by Gasteiger charge is 2.18. The number of benzene rings is 1. The lowest BCUT2D eigenvalue weighted by atomic mass is 9.99. The maximum Gasteiger partial charge on any atom is 0.193 e. The zero-order valence-corrected chi connectivity index (χ0v) is 19.6. The van der Waals surface area contributed by atoms with Crippen LogP contribution in [0.2, 0.25) is 0 Å². The van der Waals surface area contributed by atoms with E-state index in [2.05, 4.69) is 45.2 Å². The molecule has 1 N–H and O–H groups in total. The van der Waals surface area contributed by atoms with Crippen molar-refractivity contribution in [1.29, 1.82) is 0 Å². The molecule has 3 rings (SSSR count). The van der Waals surface area contributed by atoms with Crippen molar-refractivity contribution in [3.63, 3.8) is 0 Å². The smallest absolute Gasteiger partial charge is 0.193 e. The van der Waals surface area contributed by atoms with Crippen LogP contribution in [-0.4, -0.2) is 75.4 Å². The van der Waals surface area contributed by atoms with Crippen LogP contribution in [0, 0.1) is 5.92 Å². The highest BCUT2D eigenvalue weighted by molar-refractivity contribution is 14.0. The van der Waals surface area contributed by atoms with Gasteiger partial charge in [-0.2, -0.15) is 0 Å². The van der Waals surface area contributed by atoms with Gasteiger partial charge in [0, 0.05) is 51.9 Å². The lowest BCUT2D eigenvalue weighted by molar-refractivity contribution is 0.0322. The molecule has 2 aliphatic rings. The van der Waals surface area contributed by atoms with Crippen LogP contribution < -0.4 is 10.1 Å². The van der Waals surface area contributed by atoms with Gasteiger partial charge < -0.3 is 19.7 Å². The van der Waals surface area contributed by atoms with E-state index in [9.17, 15) is 0 Å². The Balaban J connectivity index is 0.00000280. The van der Waals surface area contributed by atoms with Crippen molar-refractivity contribution in [3.05, 3.63) is 29.8 Å². The van der Waals surface area contributed by atoms with Crippen molar-refractivity contribution in [2.24, 2.45) is 10.9 Å². The number of para-hydroxylation sites is 1. The van der Waals surface area contributed by atoms with Crippen molar-refractivity contribution in [3.8, 4) is 5.75 Å². The number of ether oxygens (including phenoxy) is 2. The molecule has 6 nitrogen and oxygen atoms in total. The molecule has 0 unspecified atom stereocenters. The van der Waals surface area contributed by atoms with Crippen LogP contribution in [0.15, 0.2) is 29.3 Å². The van der Waals surface area contributed by atoms with Crippen LogP contribution in [0.3, 0.4) is 0 Å². The number of halogens is 1. The Morgan fingerprint density at radius 2 is 1.89 bits per heavy atom. The summed E-state index contributed by atoms with van der Waals surface area (Å²) in [7, 11) is 1.87. The summed E-state index contributed by atoms with van der Waals surface area (Å²) in [6.07, 6.45) is 2.48. The Morgan fingerprint density at radius 3 is 2.61 bits per heavy atom. The molecule has 158 valence electrons. The van der Waals surface area contributed by atoms with E-state index in [-0.39, 0.29) is 24.0 Å². The normalized spacial score (nSPS) is 19.2. The monoisotopic (exact) mass is 502 g/mol. The molecule has 7 heteroatoms. The van der Waals surface area contributed by atoms with Crippen LogP contribution in [0.25, 0.3) is 0 Å². The minimum absolute atomic E-state index is 0. The van der Waals surface area contributed by atoms with E-state index in [1.54, 1.807) is 0 Å². The second-order valence-electron chi connectivity index (χ2n) is 7.48. The molecule has 0 aliphatic carbocycles. The van der Waals surface area contributed by atoms with Crippen molar-refractivity contribution >= 4 is 29.9 Å². The van der Waals surface area contributed by atoms with Crippen LogP contribution in [0.5, 0.6) is 5.75 Å². The van der Waals surface area contributed by atoms with E-state index in [0.29, 0.717) is 6.61 Å². The number of hydrogen-bond acceptors (Lipinski definition) is 4. The highest BCUT2D eigenvalue weighted by atomic mass is 127. The molecule has 0 amide bonds. The summed E-state index contributed by atoms with van der Waals surface area (Å²) in [4.78, 5) is 9.23. The summed E-state index contributed by atoms with van der Waals surface area (Å²) in [5, 5.41) is 3.52. The number of nitrogens with zero attached hydrogens (tertiary/aromatic N) is 3. The molecule has 0 spiro atoms. The van der Waals surface area contributed by atoms with Gasteiger partial charge in [-0.1, -0.05) is 25.1 Å². The molecule has 1 aromatic rings. The molecule has 2 fully saturated rings. The lowest BCUT2D eigenvalue weighted by Crippen LogP contribution is -2.45. The van der Waals surface area contributed by atoms with Crippen molar-refractivity contribution < 1.29 is 9.47 Å². The first-order valence-electron chi connectivity index (χ1n) is 10.2. The van der Waals surface area contributed by atoms with Gasteiger partial charge in [-0.25, -0.2) is 0 Å². The van der Waals surface area contributed by atoms with Gasteiger partial charge in [-0.05, 0) is 24.8 Å². The Kier molecular flexibility index (Phi) is 10.4. The molecule has 28 heavy (non-hydrogen) atoms. The average Bonchev–Trinajstić information content (AvgIpc) is 2.71. The van der Waals surface area contributed by atoms with E-state index < -0.39 is 0 Å². The van der Waals surface area contributed by atoms with Gasteiger partial charge in [0.2, 0.25) is 0 Å². The van der Waals surface area contributed by atoms with Gasteiger partial charge in [0.15, 0.2) is 5.96 Å². The fourth-order valence-corrected chi connectivity index (χ4v) is 3.63. The Bertz CT molecular complexity index is 600. The quantitative estimate of drug-likeness (QED) is 0.369. The fourth-order valence-electron chi connectivity index (χ4n) is 3.63. The third-order valence-corrected chi connectivity index (χ3v) is 5.47. The maximum atomic E-state index is 6.09. The van der Waals surface area contributed by atoms with Crippen molar-refractivity contribution in [2.75, 3.05) is 59.6 Å². The molecule has 0 saturated carbocycles. The predicted octanol–water partition coefficient (Wildman–Crippen LogP) is 2.82.